The third-order valence-electron chi connectivity index (χ3n) is 9.57. The number of hydrogen-bond donors (Lipinski definition) is 3. The van der Waals surface area contributed by atoms with Crippen molar-refractivity contribution in [3.05, 3.63) is 80.5 Å². The summed E-state index contributed by atoms with van der Waals surface area (Å²) in [7, 11) is 2.10. The Hall–Kier alpha value is -3.98. The van der Waals surface area contributed by atoms with Crippen molar-refractivity contribution >= 4 is 17.5 Å². The molecule has 45 heavy (non-hydrogen) atoms. The Labute approximate surface area is 266 Å². The highest BCUT2D eigenvalue weighted by atomic mass is 16.2. The monoisotopic (exact) mass is 612 g/mol. The third-order valence-corrected chi connectivity index (χ3v) is 9.57. The smallest absolute Gasteiger partial charge is 0.253 e. The Balaban J connectivity index is 1.42. The van der Waals surface area contributed by atoms with Crippen LogP contribution >= 0.6 is 0 Å². The van der Waals surface area contributed by atoms with Crippen LogP contribution in [0.5, 0.6) is 0 Å². The number of nitrogens with one attached hydrogen (secondary N) is 3. The number of aryl methyl sites for hydroxylation is 2. The average Bonchev–Trinajstić information content (AvgIpc) is 3.01. The molecule has 0 spiro atoms. The van der Waals surface area contributed by atoms with E-state index in [1.54, 1.807) is 6.92 Å². The second kappa shape index (κ2) is 14.4. The molecule has 9 nitrogen and oxygen atoms in total. The molecule has 1 saturated heterocycles. The fourth-order valence-electron chi connectivity index (χ4n) is 6.96. The SMILES string of the molecule is CC(=O)NC1CCC(N(C)c2cc(-c3ccc(CN4CCCCC4)nc3)cc(C(=O)NCc3c(C)cc(C)[nH]c3=O)c2C)CC1. The molecular formula is C36H48N6O3. The molecule has 5 rings (SSSR count). The maximum absolute atomic E-state index is 13.8. The molecule has 1 aliphatic heterocycles. The molecule has 3 heterocycles. The number of carbonyl (C=O) groups excluding carboxylic acids is 2. The van der Waals surface area contributed by atoms with Gasteiger partial charge in [0.1, 0.15) is 0 Å². The molecule has 2 amide bonds. The number of nitrogens with zero attached hydrogens (tertiary/aromatic N) is 3. The first-order valence-electron chi connectivity index (χ1n) is 16.4. The van der Waals surface area contributed by atoms with Crippen molar-refractivity contribution in [3.8, 4) is 11.1 Å². The minimum Gasteiger partial charge on any atom is -0.371 e. The van der Waals surface area contributed by atoms with Crippen molar-refractivity contribution in [1.82, 2.24) is 25.5 Å². The Morgan fingerprint density at radius 3 is 2.38 bits per heavy atom. The number of amides is 2. The molecule has 0 bridgehead atoms. The highest BCUT2D eigenvalue weighted by Gasteiger charge is 2.27. The van der Waals surface area contributed by atoms with Gasteiger partial charge in [-0.05, 0) is 113 Å². The van der Waals surface area contributed by atoms with E-state index >= 15 is 0 Å². The van der Waals surface area contributed by atoms with Gasteiger partial charge in [0.25, 0.3) is 11.5 Å². The topological polar surface area (TPSA) is 110 Å². The molecule has 1 aliphatic carbocycles. The van der Waals surface area contributed by atoms with Crippen molar-refractivity contribution in [2.24, 2.45) is 0 Å². The number of piperidine rings is 1. The number of pyridine rings is 2. The van der Waals surface area contributed by atoms with Gasteiger partial charge in [0.15, 0.2) is 0 Å². The highest BCUT2D eigenvalue weighted by Crippen LogP contribution is 2.34. The fraction of sp³-hybridized carbons (Fsp3) is 0.500. The lowest BCUT2D eigenvalue weighted by atomic mass is 9.89. The molecule has 2 aromatic heterocycles. The molecular weight excluding hydrogens is 564 g/mol. The largest absolute Gasteiger partial charge is 0.371 e. The first-order valence-corrected chi connectivity index (χ1v) is 16.4. The highest BCUT2D eigenvalue weighted by molar-refractivity contribution is 5.99. The number of carbonyl (C=O) groups is 2. The number of aromatic nitrogens is 2. The van der Waals surface area contributed by atoms with Crippen LogP contribution in [0.15, 0.2) is 41.3 Å². The van der Waals surface area contributed by atoms with E-state index < -0.39 is 0 Å². The molecule has 0 radical (unpaired) electrons. The molecule has 0 atom stereocenters. The maximum Gasteiger partial charge on any atom is 0.253 e. The van der Waals surface area contributed by atoms with Crippen molar-refractivity contribution in [2.45, 2.75) is 97.8 Å². The van der Waals surface area contributed by atoms with Crippen LogP contribution in [-0.4, -0.2) is 58.9 Å². The number of benzene rings is 1. The lowest BCUT2D eigenvalue weighted by Gasteiger charge is -2.37. The van der Waals surface area contributed by atoms with E-state index in [4.69, 9.17) is 4.98 Å². The predicted molar refractivity (Wildman–Crippen MR) is 180 cm³/mol. The van der Waals surface area contributed by atoms with Crippen LogP contribution in [0.25, 0.3) is 11.1 Å². The van der Waals surface area contributed by atoms with E-state index in [0.717, 1.165) is 84.6 Å². The lowest BCUT2D eigenvalue weighted by Crippen LogP contribution is -2.42. The molecule has 2 fully saturated rings. The van der Waals surface area contributed by atoms with E-state index in [9.17, 15) is 14.4 Å². The van der Waals surface area contributed by atoms with Gasteiger partial charge in [0.2, 0.25) is 5.91 Å². The molecule has 9 heteroatoms. The second-order valence-corrected chi connectivity index (χ2v) is 13.0. The Bertz CT molecular complexity index is 1570. The zero-order valence-electron chi connectivity index (χ0n) is 27.5. The summed E-state index contributed by atoms with van der Waals surface area (Å²) in [6.07, 6.45) is 9.47. The standard InChI is InChI=1S/C36H48N6O3/c1-23-17-24(2)39-36(45)33(23)21-38-35(44)32-18-28(27-9-10-30(37-20-27)22-42-15-7-6-8-16-42)19-34(25(32)3)41(5)31-13-11-29(12-14-31)40-26(4)43/h9-10,17-20,29,31H,6-8,11-16,21-22H2,1-5H3,(H,38,44)(H,39,45)(H,40,43). The summed E-state index contributed by atoms with van der Waals surface area (Å²) in [5.41, 5.74) is 7.46. The van der Waals surface area contributed by atoms with E-state index in [-0.39, 0.29) is 30.0 Å². The quantitative estimate of drug-likeness (QED) is 0.308. The van der Waals surface area contributed by atoms with Gasteiger partial charge in [0, 0.05) is 73.4 Å². The number of aromatic amines is 1. The minimum absolute atomic E-state index is 0.0179. The Kier molecular flexibility index (Phi) is 10.4. The summed E-state index contributed by atoms with van der Waals surface area (Å²) in [5, 5.41) is 6.09. The first kappa shape index (κ1) is 32.4. The van der Waals surface area contributed by atoms with Crippen LogP contribution in [0.3, 0.4) is 0 Å². The zero-order chi connectivity index (χ0) is 32.1. The van der Waals surface area contributed by atoms with Gasteiger partial charge in [-0.1, -0.05) is 12.5 Å². The van der Waals surface area contributed by atoms with Gasteiger partial charge in [0.05, 0.1) is 5.69 Å². The number of rotatable bonds is 9. The van der Waals surface area contributed by atoms with Crippen LogP contribution in [0, 0.1) is 20.8 Å². The van der Waals surface area contributed by atoms with E-state index in [1.165, 1.54) is 19.3 Å². The fourth-order valence-corrected chi connectivity index (χ4v) is 6.96. The Morgan fingerprint density at radius 2 is 1.73 bits per heavy atom. The number of anilines is 1. The van der Waals surface area contributed by atoms with Crippen LogP contribution in [0.4, 0.5) is 5.69 Å². The average molecular weight is 613 g/mol. The first-order chi connectivity index (χ1) is 21.6. The second-order valence-electron chi connectivity index (χ2n) is 13.0. The summed E-state index contributed by atoms with van der Waals surface area (Å²) in [4.78, 5) is 50.4. The summed E-state index contributed by atoms with van der Waals surface area (Å²) in [5.74, 6) is -0.197. The third kappa shape index (κ3) is 8.00. The van der Waals surface area contributed by atoms with Gasteiger partial charge in [-0.15, -0.1) is 0 Å². The summed E-state index contributed by atoms with van der Waals surface area (Å²) < 4.78 is 0. The number of likely N-dealkylation sites (tertiary alicyclic amines) is 1. The van der Waals surface area contributed by atoms with Crippen LogP contribution in [-0.2, 0) is 17.9 Å². The van der Waals surface area contributed by atoms with Gasteiger partial charge in [-0.25, -0.2) is 0 Å². The zero-order valence-corrected chi connectivity index (χ0v) is 27.5. The molecule has 1 aromatic carbocycles. The van der Waals surface area contributed by atoms with E-state index in [1.807, 2.05) is 39.1 Å². The van der Waals surface area contributed by atoms with Crippen molar-refractivity contribution < 1.29 is 9.59 Å². The van der Waals surface area contributed by atoms with Crippen LogP contribution in [0.2, 0.25) is 0 Å². The van der Waals surface area contributed by atoms with Gasteiger partial charge in [-0.2, -0.15) is 0 Å². The van der Waals surface area contributed by atoms with Crippen LogP contribution in [0.1, 0.15) is 90.3 Å². The summed E-state index contributed by atoms with van der Waals surface area (Å²) >= 11 is 0. The van der Waals surface area contributed by atoms with Crippen molar-refractivity contribution in [2.75, 3.05) is 25.0 Å². The molecule has 3 aromatic rings. The van der Waals surface area contributed by atoms with Crippen molar-refractivity contribution in [3.63, 3.8) is 0 Å². The van der Waals surface area contributed by atoms with Gasteiger partial charge >= 0.3 is 0 Å². The number of H-pyrrole nitrogens is 1. The minimum atomic E-state index is -0.215. The Morgan fingerprint density at radius 1 is 1.00 bits per heavy atom. The van der Waals surface area contributed by atoms with Gasteiger partial charge in [-0.3, -0.25) is 24.3 Å². The molecule has 2 aliphatic rings. The molecule has 240 valence electrons. The van der Waals surface area contributed by atoms with E-state index in [0.29, 0.717) is 17.2 Å². The van der Waals surface area contributed by atoms with Crippen molar-refractivity contribution in [1.29, 1.82) is 0 Å². The summed E-state index contributed by atoms with van der Waals surface area (Å²) in [6.45, 7) is 10.6. The normalized spacial score (nSPS) is 18.8. The molecule has 1 saturated carbocycles. The molecule has 3 N–H and O–H groups in total. The van der Waals surface area contributed by atoms with Gasteiger partial charge < -0.3 is 20.5 Å². The van der Waals surface area contributed by atoms with E-state index in [2.05, 4.69) is 50.7 Å². The predicted octanol–water partition coefficient (Wildman–Crippen LogP) is 5.16. The van der Waals surface area contributed by atoms with Crippen LogP contribution < -0.4 is 21.1 Å². The molecule has 0 unspecified atom stereocenters. The lowest BCUT2D eigenvalue weighted by molar-refractivity contribution is -0.119. The number of hydrogen-bond acceptors (Lipinski definition) is 6. The maximum atomic E-state index is 13.8. The summed E-state index contributed by atoms with van der Waals surface area (Å²) in [6, 6.07) is 10.7.